The zero-order valence-corrected chi connectivity index (χ0v) is 12.8. The van der Waals surface area contributed by atoms with Crippen LogP contribution in [-0.2, 0) is 5.60 Å². The smallest absolute Gasteiger partial charge is 0.122 e. The van der Waals surface area contributed by atoms with Gasteiger partial charge >= 0.3 is 0 Å². The van der Waals surface area contributed by atoms with Crippen LogP contribution >= 0.6 is 0 Å². The van der Waals surface area contributed by atoms with Crippen LogP contribution in [0.5, 0.6) is 5.75 Å². The van der Waals surface area contributed by atoms with Crippen molar-refractivity contribution in [2.24, 2.45) is 11.8 Å². The summed E-state index contributed by atoms with van der Waals surface area (Å²) in [5.74, 6) is 1.93. The maximum absolute atomic E-state index is 11.2. The number of benzene rings is 1. The van der Waals surface area contributed by atoms with E-state index >= 15 is 0 Å². The van der Waals surface area contributed by atoms with Gasteiger partial charge in [0.2, 0.25) is 0 Å². The van der Waals surface area contributed by atoms with Gasteiger partial charge < -0.3 is 9.84 Å². The maximum Gasteiger partial charge on any atom is 0.122 e. The van der Waals surface area contributed by atoms with Gasteiger partial charge in [-0.15, -0.1) is 0 Å². The average molecular weight is 262 g/mol. The van der Waals surface area contributed by atoms with E-state index in [1.165, 1.54) is 0 Å². The Hall–Kier alpha value is -1.02. The first kappa shape index (κ1) is 14.4. The maximum atomic E-state index is 11.2. The Kier molecular flexibility index (Phi) is 3.91. The molecule has 1 aliphatic carbocycles. The molecule has 0 spiro atoms. The molecule has 19 heavy (non-hydrogen) atoms. The van der Waals surface area contributed by atoms with Gasteiger partial charge in [0.1, 0.15) is 5.75 Å². The van der Waals surface area contributed by atoms with Gasteiger partial charge in [-0.05, 0) is 73.8 Å². The van der Waals surface area contributed by atoms with Crippen molar-refractivity contribution in [3.63, 3.8) is 0 Å². The zero-order chi connectivity index (χ0) is 14.2. The van der Waals surface area contributed by atoms with Crippen molar-refractivity contribution in [2.75, 3.05) is 7.11 Å². The monoisotopic (exact) mass is 262 g/mol. The van der Waals surface area contributed by atoms with Gasteiger partial charge in [0.05, 0.1) is 12.7 Å². The minimum absolute atomic E-state index is 0.308. The minimum atomic E-state index is -0.673. The predicted octanol–water partition coefficient (Wildman–Crippen LogP) is 3.96. The minimum Gasteiger partial charge on any atom is -0.496 e. The number of ether oxygens (including phenoxy) is 1. The summed E-state index contributed by atoms with van der Waals surface area (Å²) in [7, 11) is 1.70. The third-order valence-corrected chi connectivity index (χ3v) is 4.80. The molecule has 1 saturated carbocycles. The summed E-state index contributed by atoms with van der Waals surface area (Å²) in [6.07, 6.45) is 3.06. The van der Waals surface area contributed by atoms with Gasteiger partial charge in [-0.1, -0.05) is 13.8 Å². The lowest BCUT2D eigenvalue weighted by Gasteiger charge is -2.42. The highest BCUT2D eigenvalue weighted by atomic mass is 16.5. The lowest BCUT2D eigenvalue weighted by molar-refractivity contribution is -0.0593. The Labute approximate surface area is 116 Å². The van der Waals surface area contributed by atoms with Gasteiger partial charge in [0, 0.05) is 0 Å². The molecule has 0 saturated heterocycles. The average Bonchev–Trinajstić information content (AvgIpc) is 2.36. The van der Waals surface area contributed by atoms with Crippen molar-refractivity contribution < 1.29 is 9.84 Å². The highest BCUT2D eigenvalue weighted by molar-refractivity contribution is 5.44. The van der Waals surface area contributed by atoms with E-state index in [1.54, 1.807) is 7.11 Å². The molecule has 0 heterocycles. The summed E-state index contributed by atoms with van der Waals surface area (Å²) >= 11 is 0. The Morgan fingerprint density at radius 3 is 2.47 bits per heavy atom. The molecule has 1 fully saturated rings. The highest BCUT2D eigenvalue weighted by Gasteiger charge is 2.40. The molecular formula is C17H26O2. The molecule has 3 atom stereocenters. The fraction of sp³-hybridized carbons (Fsp3) is 0.647. The van der Waals surface area contributed by atoms with Crippen LogP contribution in [-0.4, -0.2) is 12.2 Å². The molecule has 2 nitrogen and oxygen atoms in total. The van der Waals surface area contributed by atoms with Crippen LogP contribution in [0.1, 0.15) is 49.8 Å². The van der Waals surface area contributed by atoms with Gasteiger partial charge in [-0.3, -0.25) is 0 Å². The number of aliphatic hydroxyl groups is 1. The van der Waals surface area contributed by atoms with E-state index in [2.05, 4.69) is 26.8 Å². The molecule has 2 rings (SSSR count). The molecule has 0 aliphatic heterocycles. The molecule has 0 amide bonds. The van der Waals surface area contributed by atoms with Crippen molar-refractivity contribution in [1.82, 2.24) is 0 Å². The first-order chi connectivity index (χ1) is 8.88. The number of aryl methyl sites for hydroxylation is 2. The number of hydrogen-bond acceptors (Lipinski definition) is 2. The summed E-state index contributed by atoms with van der Waals surface area (Å²) in [4.78, 5) is 0. The molecule has 3 unspecified atom stereocenters. The van der Waals surface area contributed by atoms with Crippen LogP contribution in [0.3, 0.4) is 0 Å². The second kappa shape index (κ2) is 5.16. The SMILES string of the molecule is COc1cc(C)c(C2(O)CCC(C)CC2C)cc1C. The Morgan fingerprint density at radius 1 is 1.21 bits per heavy atom. The summed E-state index contributed by atoms with van der Waals surface area (Å²) in [5, 5.41) is 11.2. The van der Waals surface area contributed by atoms with Crippen molar-refractivity contribution in [2.45, 2.75) is 52.6 Å². The van der Waals surface area contributed by atoms with Gasteiger partial charge in [-0.25, -0.2) is 0 Å². The van der Waals surface area contributed by atoms with E-state index in [0.717, 1.165) is 47.6 Å². The Morgan fingerprint density at radius 2 is 1.89 bits per heavy atom. The molecule has 1 N–H and O–H groups in total. The zero-order valence-electron chi connectivity index (χ0n) is 12.8. The molecule has 1 aromatic carbocycles. The molecular weight excluding hydrogens is 236 g/mol. The predicted molar refractivity (Wildman–Crippen MR) is 78.5 cm³/mol. The summed E-state index contributed by atoms with van der Waals surface area (Å²) in [6, 6.07) is 4.16. The second-order valence-corrected chi connectivity index (χ2v) is 6.34. The Bertz CT molecular complexity index is 467. The quantitative estimate of drug-likeness (QED) is 0.874. The van der Waals surface area contributed by atoms with Gasteiger partial charge in [-0.2, -0.15) is 0 Å². The van der Waals surface area contributed by atoms with Crippen LogP contribution in [0.15, 0.2) is 12.1 Å². The van der Waals surface area contributed by atoms with Crippen LogP contribution in [0.2, 0.25) is 0 Å². The molecule has 1 aliphatic rings. The number of rotatable bonds is 2. The van der Waals surface area contributed by atoms with Crippen LogP contribution in [0.25, 0.3) is 0 Å². The van der Waals surface area contributed by atoms with Crippen molar-refractivity contribution in [1.29, 1.82) is 0 Å². The van der Waals surface area contributed by atoms with E-state index in [-0.39, 0.29) is 0 Å². The van der Waals surface area contributed by atoms with Crippen molar-refractivity contribution in [3.8, 4) is 5.75 Å². The largest absolute Gasteiger partial charge is 0.496 e. The summed E-state index contributed by atoms with van der Waals surface area (Å²) < 4.78 is 5.36. The molecule has 0 radical (unpaired) electrons. The third kappa shape index (κ3) is 2.51. The van der Waals surface area contributed by atoms with E-state index in [4.69, 9.17) is 4.74 Å². The van der Waals surface area contributed by atoms with E-state index in [9.17, 15) is 5.11 Å². The fourth-order valence-corrected chi connectivity index (χ4v) is 3.51. The standard InChI is InChI=1S/C17H26O2/c1-11-6-7-17(18,14(4)8-11)15-9-13(3)16(19-5)10-12(15)2/h9-11,14,18H,6-8H2,1-5H3. The van der Waals surface area contributed by atoms with E-state index in [0.29, 0.717) is 5.92 Å². The first-order valence-corrected chi connectivity index (χ1v) is 7.26. The number of hydrogen-bond donors (Lipinski definition) is 1. The van der Waals surface area contributed by atoms with E-state index in [1.807, 2.05) is 13.0 Å². The summed E-state index contributed by atoms with van der Waals surface area (Å²) in [6.45, 7) is 8.57. The molecule has 1 aromatic rings. The first-order valence-electron chi connectivity index (χ1n) is 7.26. The molecule has 0 aromatic heterocycles. The van der Waals surface area contributed by atoms with Gasteiger partial charge in [0.25, 0.3) is 0 Å². The molecule has 106 valence electrons. The van der Waals surface area contributed by atoms with Crippen molar-refractivity contribution in [3.05, 3.63) is 28.8 Å². The summed E-state index contributed by atoms with van der Waals surface area (Å²) in [5.41, 5.74) is 2.65. The molecule has 2 heteroatoms. The van der Waals surface area contributed by atoms with Crippen LogP contribution < -0.4 is 4.74 Å². The second-order valence-electron chi connectivity index (χ2n) is 6.34. The lowest BCUT2D eigenvalue weighted by Crippen LogP contribution is -2.39. The van der Waals surface area contributed by atoms with Gasteiger partial charge in [0.15, 0.2) is 0 Å². The lowest BCUT2D eigenvalue weighted by atomic mass is 9.68. The van der Waals surface area contributed by atoms with Crippen molar-refractivity contribution >= 4 is 0 Å². The Balaban J connectivity index is 2.43. The van der Waals surface area contributed by atoms with Crippen LogP contribution in [0, 0.1) is 25.7 Å². The van der Waals surface area contributed by atoms with Crippen LogP contribution in [0.4, 0.5) is 0 Å². The molecule has 0 bridgehead atoms. The third-order valence-electron chi connectivity index (χ3n) is 4.80. The van der Waals surface area contributed by atoms with E-state index < -0.39 is 5.60 Å². The normalized spacial score (nSPS) is 31.3. The number of methoxy groups -OCH3 is 1. The highest BCUT2D eigenvalue weighted by Crippen LogP contribution is 2.45. The topological polar surface area (TPSA) is 29.5 Å². The fourth-order valence-electron chi connectivity index (χ4n) is 3.51.